The van der Waals surface area contributed by atoms with Gasteiger partial charge in [0.2, 0.25) is 0 Å². The third-order valence-corrected chi connectivity index (χ3v) is 19.0. The number of para-hydroxylation sites is 1. The molecule has 11 aromatic carbocycles. The largest absolute Gasteiger partial charge is 0.456 e. The highest BCUT2D eigenvalue weighted by Gasteiger charge is 2.22. The maximum Gasteiger partial charge on any atom is 0.164 e. The van der Waals surface area contributed by atoms with Crippen molar-refractivity contribution in [2.75, 3.05) is 0 Å². The Kier molecular flexibility index (Phi) is 9.26. The zero-order valence-electron chi connectivity index (χ0n) is 40.9. The summed E-state index contributed by atoms with van der Waals surface area (Å²) in [7, 11) is 0. The van der Waals surface area contributed by atoms with Gasteiger partial charge in [0.15, 0.2) is 17.5 Å². The molecule has 0 saturated heterocycles. The van der Waals surface area contributed by atoms with Crippen LogP contribution in [0.15, 0.2) is 235 Å². The molecule has 8 heteroatoms. The highest BCUT2D eigenvalue weighted by molar-refractivity contribution is 7.26. The number of rotatable bonds is 6. The van der Waals surface area contributed by atoms with E-state index in [-0.39, 0.29) is 0 Å². The third-order valence-electron chi connectivity index (χ3n) is 15.5. The van der Waals surface area contributed by atoms with E-state index in [1.165, 1.54) is 87.9 Å². The van der Waals surface area contributed by atoms with Crippen LogP contribution in [-0.2, 0) is 0 Å². The van der Waals surface area contributed by atoms with E-state index in [0.717, 1.165) is 61.0 Å². The quantitative estimate of drug-likeness (QED) is 0.167. The van der Waals surface area contributed by atoms with Crippen LogP contribution >= 0.6 is 34.0 Å². The van der Waals surface area contributed by atoms with Gasteiger partial charge in [-0.1, -0.05) is 152 Å². The number of aromatic nitrogens is 4. The van der Waals surface area contributed by atoms with Gasteiger partial charge in [0.1, 0.15) is 11.2 Å². The minimum atomic E-state index is 0.592. The highest BCUT2D eigenvalue weighted by Crippen LogP contribution is 2.45. The zero-order chi connectivity index (χ0) is 50.3. The van der Waals surface area contributed by atoms with Crippen molar-refractivity contribution in [3.63, 3.8) is 0 Å². The van der Waals surface area contributed by atoms with Crippen molar-refractivity contribution in [1.29, 1.82) is 0 Å². The molecule has 0 N–H and O–H groups in total. The van der Waals surface area contributed by atoms with Gasteiger partial charge in [-0.15, -0.1) is 34.0 Å². The summed E-state index contributed by atoms with van der Waals surface area (Å²) in [5.74, 6) is 1.84. The first-order chi connectivity index (χ1) is 38.1. The fourth-order valence-electron chi connectivity index (χ4n) is 11.9. The zero-order valence-corrected chi connectivity index (χ0v) is 43.3. The molecule has 358 valence electrons. The first kappa shape index (κ1) is 43.0. The fourth-order valence-corrected chi connectivity index (χ4v) is 15.4. The minimum Gasteiger partial charge on any atom is -0.456 e. The Hall–Kier alpha value is -9.31. The average molecular weight is 1040 g/mol. The van der Waals surface area contributed by atoms with E-state index in [1.54, 1.807) is 22.7 Å². The lowest BCUT2D eigenvalue weighted by atomic mass is 9.98. The summed E-state index contributed by atoms with van der Waals surface area (Å²) < 4.78 is 16.6. The molecule has 0 unspecified atom stereocenters. The monoisotopic (exact) mass is 1030 g/mol. The predicted molar refractivity (Wildman–Crippen MR) is 327 cm³/mol. The molecule has 5 nitrogen and oxygen atoms in total. The molecule has 0 aliphatic rings. The minimum absolute atomic E-state index is 0.592. The van der Waals surface area contributed by atoms with Crippen molar-refractivity contribution < 1.29 is 4.42 Å². The van der Waals surface area contributed by atoms with E-state index in [2.05, 4.69) is 223 Å². The molecule has 0 saturated carbocycles. The number of furan rings is 1. The normalized spacial score (nSPS) is 12.2. The van der Waals surface area contributed by atoms with Gasteiger partial charge < -0.3 is 8.98 Å². The maximum atomic E-state index is 6.69. The number of hydrogen-bond donors (Lipinski definition) is 0. The third kappa shape index (κ3) is 6.66. The smallest absolute Gasteiger partial charge is 0.164 e. The van der Waals surface area contributed by atoms with E-state index in [0.29, 0.717) is 17.5 Å². The lowest BCUT2D eigenvalue weighted by Gasteiger charge is -2.10. The molecule has 17 aromatic rings. The van der Waals surface area contributed by atoms with Crippen LogP contribution in [-0.4, -0.2) is 19.5 Å². The summed E-state index contributed by atoms with van der Waals surface area (Å²) in [6, 6.07) is 83.3. The van der Waals surface area contributed by atoms with Crippen LogP contribution < -0.4 is 0 Å². The summed E-state index contributed by atoms with van der Waals surface area (Å²) in [5, 5.41) is 12.0. The predicted octanol–water partition coefficient (Wildman–Crippen LogP) is 20.3. The van der Waals surface area contributed by atoms with Crippen LogP contribution in [0.1, 0.15) is 0 Å². The summed E-state index contributed by atoms with van der Waals surface area (Å²) in [4.78, 5) is 16.0. The molecule has 0 spiro atoms. The van der Waals surface area contributed by atoms with Crippen molar-refractivity contribution in [3.8, 4) is 62.1 Å². The Morgan fingerprint density at radius 2 is 0.831 bits per heavy atom. The summed E-state index contributed by atoms with van der Waals surface area (Å²) in [6.45, 7) is 0. The van der Waals surface area contributed by atoms with Crippen molar-refractivity contribution in [2.45, 2.75) is 0 Å². The van der Waals surface area contributed by atoms with E-state index in [9.17, 15) is 0 Å². The molecule has 0 aliphatic heterocycles. The molecule has 0 atom stereocenters. The first-order valence-corrected chi connectivity index (χ1v) is 28.2. The topological polar surface area (TPSA) is 56.7 Å². The van der Waals surface area contributed by atoms with Gasteiger partial charge in [-0.3, -0.25) is 0 Å². The van der Waals surface area contributed by atoms with Crippen LogP contribution in [0, 0.1) is 0 Å². The van der Waals surface area contributed by atoms with Crippen molar-refractivity contribution in [1.82, 2.24) is 19.5 Å². The maximum absolute atomic E-state index is 6.69. The second-order valence-electron chi connectivity index (χ2n) is 19.8. The van der Waals surface area contributed by atoms with Crippen LogP contribution in [0.5, 0.6) is 0 Å². The second kappa shape index (κ2) is 16.6. The number of hydrogen-bond acceptors (Lipinski definition) is 7. The fraction of sp³-hybridized carbons (Fsp3) is 0. The molecule has 17 rings (SSSR count). The number of thiophene rings is 3. The Morgan fingerprint density at radius 3 is 1.55 bits per heavy atom. The Balaban J connectivity index is 0.827. The van der Waals surface area contributed by atoms with Gasteiger partial charge in [-0.25, -0.2) is 15.0 Å². The standard InChI is InChI=1S/C69H38N4OS3/c1-2-12-44(13-3-1)73-56-32-27-39(34-54(56)46-29-24-41(36-57(46)73)45-17-10-18-52-49-16-6-9-23-62(49)77-66(45)52)40-28-33-58-55(35-40)65-53(19-11-20-59(65)74-58)69-71-67(42-25-30-50-47-14-4-7-21-60(47)75-63(50)37-42)70-68(72-69)43-26-31-51-48-15-5-8-22-61(48)76-64(51)38-43/h1-38H. The van der Waals surface area contributed by atoms with Gasteiger partial charge in [-0.05, 0) is 101 Å². The molecule has 6 aromatic heterocycles. The van der Waals surface area contributed by atoms with Gasteiger partial charge in [0.25, 0.3) is 0 Å². The molecular formula is C69H38N4OS3. The SMILES string of the molecule is c1ccc(-n2c3ccc(-c4ccc5oc6cccc(-c7nc(-c8ccc9c(c8)sc8ccccc89)nc(-c8ccc9c(c8)sc8ccccc89)n7)c6c5c4)cc3c3ccc(-c4cccc5c4sc4ccccc45)cc32)cc1. The molecule has 0 bridgehead atoms. The van der Waals surface area contributed by atoms with E-state index in [4.69, 9.17) is 19.4 Å². The van der Waals surface area contributed by atoms with Gasteiger partial charge >= 0.3 is 0 Å². The Labute approximate surface area is 451 Å². The Morgan fingerprint density at radius 1 is 0.299 bits per heavy atom. The number of benzene rings is 11. The van der Waals surface area contributed by atoms with Crippen molar-refractivity contribution in [3.05, 3.63) is 231 Å². The van der Waals surface area contributed by atoms with Gasteiger partial charge in [0.05, 0.1) is 11.0 Å². The van der Waals surface area contributed by atoms with E-state index >= 15 is 0 Å². The lowest BCUT2D eigenvalue weighted by molar-refractivity contribution is 0.669. The first-order valence-electron chi connectivity index (χ1n) is 25.7. The van der Waals surface area contributed by atoms with Crippen LogP contribution in [0.3, 0.4) is 0 Å². The average Bonchev–Trinajstić information content (AvgIpc) is 4.38. The molecule has 0 amide bonds. The number of nitrogens with zero attached hydrogens (tertiary/aromatic N) is 4. The molecule has 77 heavy (non-hydrogen) atoms. The highest BCUT2D eigenvalue weighted by atomic mass is 32.1. The molecule has 0 radical (unpaired) electrons. The summed E-state index contributed by atoms with van der Waals surface area (Å²) in [5.41, 5.74) is 12.5. The molecule has 6 heterocycles. The summed E-state index contributed by atoms with van der Waals surface area (Å²) >= 11 is 5.47. The van der Waals surface area contributed by atoms with Crippen LogP contribution in [0.2, 0.25) is 0 Å². The summed E-state index contributed by atoms with van der Waals surface area (Å²) in [6.07, 6.45) is 0. The molecule has 0 fully saturated rings. The second-order valence-corrected chi connectivity index (χ2v) is 23.1. The van der Waals surface area contributed by atoms with E-state index in [1.807, 2.05) is 23.5 Å². The van der Waals surface area contributed by atoms with Gasteiger partial charge in [-0.2, -0.15) is 0 Å². The van der Waals surface area contributed by atoms with Crippen LogP contribution in [0.4, 0.5) is 0 Å². The van der Waals surface area contributed by atoms with Crippen molar-refractivity contribution >= 4 is 138 Å². The lowest BCUT2D eigenvalue weighted by Crippen LogP contribution is -2.00. The Bertz CT molecular complexity index is 5180. The van der Waals surface area contributed by atoms with Crippen molar-refractivity contribution in [2.24, 2.45) is 0 Å². The van der Waals surface area contributed by atoms with Gasteiger partial charge in [0, 0.05) is 104 Å². The number of fused-ring (bicyclic) bond motifs is 15. The molecular weight excluding hydrogens is 997 g/mol. The van der Waals surface area contributed by atoms with E-state index < -0.39 is 0 Å². The molecule has 0 aliphatic carbocycles. The van der Waals surface area contributed by atoms with Crippen LogP contribution in [0.25, 0.3) is 166 Å².